The number of ether oxygens (including phenoxy) is 1. The third kappa shape index (κ3) is 3.28. The number of sulfonamides is 1. The van der Waals surface area contributed by atoms with Gasteiger partial charge in [-0.05, 0) is 25.0 Å². The molecule has 1 aromatic rings. The van der Waals surface area contributed by atoms with E-state index in [1.165, 1.54) is 0 Å². The number of amides is 1. The van der Waals surface area contributed by atoms with Crippen LogP contribution in [0.25, 0.3) is 0 Å². The van der Waals surface area contributed by atoms with Crippen molar-refractivity contribution in [3.05, 3.63) is 24.3 Å². The number of benzene rings is 1. The van der Waals surface area contributed by atoms with Gasteiger partial charge in [-0.15, -0.1) is 0 Å². The molecule has 6 nitrogen and oxygen atoms in total. The van der Waals surface area contributed by atoms with Gasteiger partial charge in [0, 0.05) is 31.0 Å². The van der Waals surface area contributed by atoms with Crippen molar-refractivity contribution in [1.82, 2.24) is 9.62 Å². The summed E-state index contributed by atoms with van der Waals surface area (Å²) in [6, 6.07) is 6.70. The molecular formula is C17H24N2O4S. The average Bonchev–Trinajstić information content (AvgIpc) is 2.58. The third-order valence-electron chi connectivity index (χ3n) is 4.94. The van der Waals surface area contributed by atoms with Gasteiger partial charge in [-0.1, -0.05) is 26.0 Å². The number of hydrogen-bond acceptors (Lipinski definition) is 4. The molecule has 1 N–H and O–H groups in total. The van der Waals surface area contributed by atoms with Crippen LogP contribution < -0.4 is 9.46 Å². The van der Waals surface area contributed by atoms with E-state index in [1.807, 2.05) is 18.7 Å². The van der Waals surface area contributed by atoms with Crippen LogP contribution in [-0.2, 0) is 14.8 Å². The van der Waals surface area contributed by atoms with E-state index in [-0.39, 0.29) is 22.1 Å². The van der Waals surface area contributed by atoms with Crippen LogP contribution in [0.15, 0.2) is 29.2 Å². The Kier molecular flexibility index (Phi) is 4.57. The molecule has 132 valence electrons. The molecule has 2 heterocycles. The van der Waals surface area contributed by atoms with Crippen LogP contribution in [0.5, 0.6) is 5.75 Å². The van der Waals surface area contributed by atoms with Crippen LogP contribution >= 0.6 is 0 Å². The molecule has 24 heavy (non-hydrogen) atoms. The molecule has 1 fully saturated rings. The fourth-order valence-electron chi connectivity index (χ4n) is 3.29. The first-order valence-corrected chi connectivity index (χ1v) is 9.82. The summed E-state index contributed by atoms with van der Waals surface area (Å²) in [5, 5.41) is 0. The largest absolute Gasteiger partial charge is 0.492 e. The van der Waals surface area contributed by atoms with Crippen molar-refractivity contribution in [2.75, 3.05) is 26.2 Å². The first-order chi connectivity index (χ1) is 11.3. The van der Waals surface area contributed by atoms with Crippen molar-refractivity contribution < 1.29 is 17.9 Å². The summed E-state index contributed by atoms with van der Waals surface area (Å²) >= 11 is 0. The van der Waals surface area contributed by atoms with Gasteiger partial charge in [0.05, 0.1) is 6.61 Å². The van der Waals surface area contributed by atoms with Crippen molar-refractivity contribution >= 4 is 15.9 Å². The average molecular weight is 352 g/mol. The molecular weight excluding hydrogens is 328 g/mol. The molecule has 1 saturated heterocycles. The molecule has 0 unspecified atom stereocenters. The SMILES string of the molecule is CC(C)C(=O)N1CCC2(CC1)CNS(=O)(=O)c1ccccc1OC2. The van der Waals surface area contributed by atoms with E-state index in [2.05, 4.69) is 4.72 Å². The maximum atomic E-state index is 12.5. The summed E-state index contributed by atoms with van der Waals surface area (Å²) in [6.07, 6.45) is 1.46. The molecule has 0 bridgehead atoms. The lowest BCUT2D eigenvalue weighted by Gasteiger charge is -2.42. The van der Waals surface area contributed by atoms with E-state index < -0.39 is 10.0 Å². The van der Waals surface area contributed by atoms with Crippen molar-refractivity contribution in [1.29, 1.82) is 0 Å². The highest BCUT2D eigenvalue weighted by Gasteiger charge is 2.40. The van der Waals surface area contributed by atoms with Crippen LogP contribution in [0.1, 0.15) is 26.7 Å². The zero-order chi connectivity index (χ0) is 17.4. The molecule has 0 saturated carbocycles. The number of likely N-dealkylation sites (tertiary alicyclic amines) is 1. The van der Waals surface area contributed by atoms with Crippen molar-refractivity contribution in [2.45, 2.75) is 31.6 Å². The molecule has 1 amide bonds. The molecule has 0 radical (unpaired) electrons. The normalized spacial score (nSPS) is 22.4. The zero-order valence-electron chi connectivity index (χ0n) is 14.1. The summed E-state index contributed by atoms with van der Waals surface area (Å²) in [7, 11) is -3.58. The molecule has 7 heteroatoms. The highest BCUT2D eigenvalue weighted by Crippen LogP contribution is 2.36. The number of para-hydroxylation sites is 1. The Morgan fingerprint density at radius 1 is 1.25 bits per heavy atom. The molecule has 2 aliphatic rings. The lowest BCUT2D eigenvalue weighted by Crippen LogP contribution is -2.51. The van der Waals surface area contributed by atoms with Gasteiger partial charge in [-0.3, -0.25) is 4.79 Å². The fourth-order valence-corrected chi connectivity index (χ4v) is 4.59. The van der Waals surface area contributed by atoms with Crippen molar-refractivity contribution in [2.24, 2.45) is 11.3 Å². The van der Waals surface area contributed by atoms with Crippen molar-refractivity contribution in [3.63, 3.8) is 0 Å². The molecule has 3 rings (SSSR count). The topological polar surface area (TPSA) is 75.7 Å². The number of nitrogens with zero attached hydrogens (tertiary/aromatic N) is 1. The van der Waals surface area contributed by atoms with Gasteiger partial charge in [-0.25, -0.2) is 13.1 Å². The monoisotopic (exact) mass is 352 g/mol. The molecule has 1 spiro atoms. The second-order valence-corrected chi connectivity index (χ2v) is 8.78. The van der Waals surface area contributed by atoms with Crippen LogP contribution in [0.2, 0.25) is 0 Å². The van der Waals surface area contributed by atoms with E-state index in [9.17, 15) is 13.2 Å². The van der Waals surface area contributed by atoms with Crippen molar-refractivity contribution in [3.8, 4) is 5.75 Å². The highest BCUT2D eigenvalue weighted by molar-refractivity contribution is 7.89. The van der Waals surface area contributed by atoms with E-state index in [1.54, 1.807) is 24.3 Å². The Morgan fingerprint density at radius 3 is 2.58 bits per heavy atom. The van der Waals surface area contributed by atoms with Gasteiger partial charge in [0.25, 0.3) is 0 Å². The number of rotatable bonds is 1. The molecule has 0 aliphatic carbocycles. The number of fused-ring (bicyclic) bond motifs is 1. The van der Waals surface area contributed by atoms with Crippen LogP contribution in [0.3, 0.4) is 0 Å². The second kappa shape index (κ2) is 6.37. The lowest BCUT2D eigenvalue weighted by atomic mass is 9.79. The summed E-state index contributed by atoms with van der Waals surface area (Å²) in [5.41, 5.74) is -0.269. The number of nitrogens with one attached hydrogen (secondary N) is 1. The summed E-state index contributed by atoms with van der Waals surface area (Å²) < 4.78 is 33.6. The quantitative estimate of drug-likeness (QED) is 0.833. The Balaban J connectivity index is 1.77. The Morgan fingerprint density at radius 2 is 1.92 bits per heavy atom. The first kappa shape index (κ1) is 17.2. The Hall–Kier alpha value is -1.60. The maximum Gasteiger partial charge on any atom is 0.244 e. The maximum absolute atomic E-state index is 12.5. The fraction of sp³-hybridized carbons (Fsp3) is 0.588. The number of hydrogen-bond donors (Lipinski definition) is 1. The minimum atomic E-state index is -3.58. The predicted octanol–water partition coefficient (Wildman–Crippen LogP) is 1.62. The number of carbonyl (C=O) groups is 1. The van der Waals surface area contributed by atoms with E-state index in [0.717, 1.165) is 12.8 Å². The van der Waals surface area contributed by atoms with Crippen LogP contribution in [0, 0.1) is 11.3 Å². The number of carbonyl (C=O) groups excluding carboxylic acids is 1. The summed E-state index contributed by atoms with van der Waals surface area (Å²) in [6.45, 7) is 5.88. The minimum absolute atomic E-state index is 0.0157. The third-order valence-corrected chi connectivity index (χ3v) is 6.38. The van der Waals surface area contributed by atoms with Gasteiger partial charge >= 0.3 is 0 Å². The predicted molar refractivity (Wildman–Crippen MR) is 90.2 cm³/mol. The molecule has 1 aromatic carbocycles. The standard InChI is InChI=1S/C17H24N2O4S/c1-13(2)16(20)19-9-7-17(8-10-19)11-18-24(21,22)15-6-4-3-5-14(15)23-12-17/h3-6,13,18H,7-12H2,1-2H3. The number of piperidine rings is 1. The van der Waals surface area contributed by atoms with E-state index in [4.69, 9.17) is 4.74 Å². The van der Waals surface area contributed by atoms with Gasteiger partial charge in [0.1, 0.15) is 10.6 Å². The molecule has 0 atom stereocenters. The van der Waals surface area contributed by atoms with Gasteiger partial charge < -0.3 is 9.64 Å². The second-order valence-electron chi connectivity index (χ2n) is 7.04. The van der Waals surface area contributed by atoms with Crippen LogP contribution in [0.4, 0.5) is 0 Å². The van der Waals surface area contributed by atoms with Gasteiger partial charge in [-0.2, -0.15) is 0 Å². The minimum Gasteiger partial charge on any atom is -0.492 e. The zero-order valence-corrected chi connectivity index (χ0v) is 14.9. The van der Waals surface area contributed by atoms with Gasteiger partial charge in [0.15, 0.2) is 0 Å². The van der Waals surface area contributed by atoms with Gasteiger partial charge in [0.2, 0.25) is 15.9 Å². The van der Waals surface area contributed by atoms with E-state index >= 15 is 0 Å². The Labute approximate surface area is 143 Å². The highest BCUT2D eigenvalue weighted by atomic mass is 32.2. The first-order valence-electron chi connectivity index (χ1n) is 8.33. The summed E-state index contributed by atoms with van der Waals surface area (Å²) in [4.78, 5) is 14.2. The van der Waals surface area contributed by atoms with Crippen LogP contribution in [-0.4, -0.2) is 45.5 Å². The Bertz CT molecular complexity index is 722. The van der Waals surface area contributed by atoms with E-state index in [0.29, 0.717) is 32.0 Å². The summed E-state index contributed by atoms with van der Waals surface area (Å²) in [5.74, 6) is 0.533. The lowest BCUT2D eigenvalue weighted by molar-refractivity contribution is -0.137. The smallest absolute Gasteiger partial charge is 0.244 e. The molecule has 2 aliphatic heterocycles. The molecule has 0 aromatic heterocycles.